The van der Waals surface area contributed by atoms with Gasteiger partial charge in [0.15, 0.2) is 5.65 Å². The molecule has 0 aliphatic heterocycles. The zero-order valence-electron chi connectivity index (χ0n) is 5.69. The topological polar surface area (TPSA) is 56.5 Å². The highest BCUT2D eigenvalue weighted by Crippen LogP contribution is 2.07. The van der Waals surface area contributed by atoms with Crippen LogP contribution >= 0.6 is 11.6 Å². The molecule has 5 nitrogen and oxygen atoms in total. The molecule has 0 atom stereocenters. The van der Waals surface area contributed by atoms with Crippen LogP contribution in [-0.2, 0) is 7.05 Å². The quantitative estimate of drug-likeness (QED) is 0.573. The predicted molar refractivity (Wildman–Crippen MR) is 39.1 cm³/mol. The second kappa shape index (κ2) is 2.13. The molecule has 0 amide bonds. The summed E-state index contributed by atoms with van der Waals surface area (Å²) < 4.78 is 1.54. The van der Waals surface area contributed by atoms with E-state index in [0.717, 1.165) is 0 Å². The second-order valence-corrected chi connectivity index (χ2v) is 2.44. The third-order valence-electron chi connectivity index (χ3n) is 1.29. The fourth-order valence-electron chi connectivity index (χ4n) is 0.799. The minimum absolute atomic E-state index is 0.331. The first-order chi connectivity index (χ1) is 5.27. The summed E-state index contributed by atoms with van der Waals surface area (Å²) >= 11 is 5.58. The lowest BCUT2D eigenvalue weighted by atomic mass is 10.6. The monoisotopic (exact) mass is 169 g/mol. The minimum Gasteiger partial charge on any atom is -0.231 e. The fourth-order valence-corrected chi connectivity index (χ4v) is 0.928. The van der Waals surface area contributed by atoms with Crippen LogP contribution in [-0.4, -0.2) is 25.0 Å². The van der Waals surface area contributed by atoms with Crippen molar-refractivity contribution in [3.05, 3.63) is 11.3 Å². The molecule has 0 saturated heterocycles. The van der Waals surface area contributed by atoms with Crippen molar-refractivity contribution in [1.29, 1.82) is 0 Å². The van der Waals surface area contributed by atoms with Gasteiger partial charge in [0.2, 0.25) is 5.65 Å². The van der Waals surface area contributed by atoms with Crippen molar-refractivity contribution in [2.24, 2.45) is 7.05 Å². The smallest absolute Gasteiger partial charge is 0.222 e. The minimum atomic E-state index is 0.331. The van der Waals surface area contributed by atoms with Crippen molar-refractivity contribution in [2.45, 2.75) is 0 Å². The van der Waals surface area contributed by atoms with Crippen LogP contribution in [0, 0.1) is 0 Å². The average Bonchev–Trinajstić information content (AvgIpc) is 2.32. The molecule has 0 radical (unpaired) electrons. The number of nitrogens with zero attached hydrogens (tertiary/aromatic N) is 5. The van der Waals surface area contributed by atoms with Gasteiger partial charge in [-0.3, -0.25) is 0 Å². The summed E-state index contributed by atoms with van der Waals surface area (Å²) in [7, 11) is 1.75. The van der Waals surface area contributed by atoms with Crippen LogP contribution in [0.1, 0.15) is 0 Å². The maximum Gasteiger partial charge on any atom is 0.222 e. The van der Waals surface area contributed by atoms with Crippen LogP contribution in [0.2, 0.25) is 5.15 Å². The molecular weight excluding hydrogens is 166 g/mol. The Bertz CT molecular complexity index is 395. The molecule has 0 spiro atoms. The molecule has 0 bridgehead atoms. The number of halogens is 1. The highest BCUT2D eigenvalue weighted by Gasteiger charge is 2.02. The Morgan fingerprint density at radius 2 is 2.36 bits per heavy atom. The first-order valence-corrected chi connectivity index (χ1v) is 3.33. The van der Waals surface area contributed by atoms with Gasteiger partial charge in [-0.15, -0.1) is 5.10 Å². The van der Waals surface area contributed by atoms with Crippen LogP contribution in [0.15, 0.2) is 6.20 Å². The molecule has 2 heterocycles. The normalized spacial score (nSPS) is 10.7. The number of rotatable bonds is 0. The standard InChI is InChI=1S/C5H4ClN5/c1-11-5-4(9-10-11)8-3(6)2-7-5/h2H,1H3. The van der Waals surface area contributed by atoms with E-state index in [4.69, 9.17) is 11.6 Å². The zero-order chi connectivity index (χ0) is 7.84. The van der Waals surface area contributed by atoms with Crippen molar-refractivity contribution in [2.75, 3.05) is 0 Å². The van der Waals surface area contributed by atoms with E-state index < -0.39 is 0 Å². The molecule has 0 saturated carbocycles. The second-order valence-electron chi connectivity index (χ2n) is 2.05. The number of fused-ring (bicyclic) bond motifs is 1. The van der Waals surface area contributed by atoms with E-state index >= 15 is 0 Å². The number of aromatic nitrogens is 5. The van der Waals surface area contributed by atoms with E-state index in [9.17, 15) is 0 Å². The lowest BCUT2D eigenvalue weighted by molar-refractivity contribution is 0.729. The molecule has 0 unspecified atom stereocenters. The van der Waals surface area contributed by atoms with Gasteiger partial charge in [-0.25, -0.2) is 14.6 Å². The maximum atomic E-state index is 5.58. The molecule has 0 aliphatic carbocycles. The van der Waals surface area contributed by atoms with Crippen molar-refractivity contribution >= 4 is 22.9 Å². The Labute approximate surface area is 67.0 Å². The van der Waals surface area contributed by atoms with E-state index in [-0.39, 0.29) is 0 Å². The zero-order valence-corrected chi connectivity index (χ0v) is 6.45. The molecule has 2 aromatic heterocycles. The molecule has 2 aromatic rings. The van der Waals surface area contributed by atoms with E-state index in [0.29, 0.717) is 16.4 Å². The van der Waals surface area contributed by atoms with Crippen LogP contribution in [0.5, 0.6) is 0 Å². The van der Waals surface area contributed by atoms with Gasteiger partial charge in [-0.2, -0.15) is 0 Å². The van der Waals surface area contributed by atoms with Crippen molar-refractivity contribution in [3.63, 3.8) is 0 Å². The van der Waals surface area contributed by atoms with Gasteiger partial charge in [0.05, 0.1) is 6.20 Å². The highest BCUT2D eigenvalue weighted by atomic mass is 35.5. The summed E-state index contributed by atoms with van der Waals surface area (Å²) in [6.07, 6.45) is 1.47. The Balaban J connectivity index is 2.86. The molecule has 2 rings (SSSR count). The molecule has 0 fully saturated rings. The first-order valence-electron chi connectivity index (χ1n) is 2.95. The fraction of sp³-hybridized carbons (Fsp3) is 0.200. The maximum absolute atomic E-state index is 5.58. The van der Waals surface area contributed by atoms with Crippen LogP contribution in [0.3, 0.4) is 0 Å². The van der Waals surface area contributed by atoms with E-state index in [1.54, 1.807) is 11.7 Å². The summed E-state index contributed by atoms with van der Waals surface area (Å²) in [5.41, 5.74) is 1.11. The molecule has 11 heavy (non-hydrogen) atoms. The Morgan fingerprint density at radius 1 is 1.55 bits per heavy atom. The van der Waals surface area contributed by atoms with Gasteiger partial charge in [-0.05, 0) is 0 Å². The average molecular weight is 170 g/mol. The molecule has 0 aliphatic rings. The summed E-state index contributed by atoms with van der Waals surface area (Å²) in [6.45, 7) is 0. The van der Waals surface area contributed by atoms with E-state index in [2.05, 4.69) is 20.3 Å². The Kier molecular flexibility index (Phi) is 1.25. The molecule has 0 aromatic carbocycles. The van der Waals surface area contributed by atoms with E-state index in [1.807, 2.05) is 0 Å². The van der Waals surface area contributed by atoms with Crippen molar-refractivity contribution < 1.29 is 0 Å². The first kappa shape index (κ1) is 6.48. The lowest BCUT2D eigenvalue weighted by Gasteiger charge is -1.88. The summed E-state index contributed by atoms with van der Waals surface area (Å²) in [5.74, 6) is 0. The van der Waals surface area contributed by atoms with Gasteiger partial charge in [0, 0.05) is 7.05 Å². The number of hydrogen-bond donors (Lipinski definition) is 0. The highest BCUT2D eigenvalue weighted by molar-refractivity contribution is 6.29. The van der Waals surface area contributed by atoms with Gasteiger partial charge in [0.1, 0.15) is 5.15 Å². The van der Waals surface area contributed by atoms with Crippen LogP contribution in [0.25, 0.3) is 11.3 Å². The third kappa shape index (κ3) is 0.932. The SMILES string of the molecule is Cn1nnc2nc(Cl)cnc21. The molecule has 6 heteroatoms. The van der Waals surface area contributed by atoms with Gasteiger partial charge in [0.25, 0.3) is 0 Å². The van der Waals surface area contributed by atoms with E-state index in [1.165, 1.54) is 6.20 Å². The summed E-state index contributed by atoms with van der Waals surface area (Å²) in [6, 6.07) is 0. The molecule has 0 N–H and O–H groups in total. The van der Waals surface area contributed by atoms with Crippen molar-refractivity contribution in [3.8, 4) is 0 Å². The molecular formula is C5H4ClN5. The lowest BCUT2D eigenvalue weighted by Crippen LogP contribution is -1.91. The van der Waals surface area contributed by atoms with Crippen molar-refractivity contribution in [1.82, 2.24) is 25.0 Å². The number of hydrogen-bond acceptors (Lipinski definition) is 4. The Hall–Kier alpha value is -1.23. The van der Waals surface area contributed by atoms with Gasteiger partial charge >= 0.3 is 0 Å². The van der Waals surface area contributed by atoms with Crippen LogP contribution in [0.4, 0.5) is 0 Å². The summed E-state index contributed by atoms with van der Waals surface area (Å²) in [5, 5.41) is 7.79. The van der Waals surface area contributed by atoms with Gasteiger partial charge in [-0.1, -0.05) is 16.8 Å². The predicted octanol–water partition coefficient (Wildman–Crippen LogP) is 0.412. The summed E-state index contributed by atoms with van der Waals surface area (Å²) in [4.78, 5) is 7.89. The third-order valence-corrected chi connectivity index (χ3v) is 1.47. The number of aryl methyl sites for hydroxylation is 1. The van der Waals surface area contributed by atoms with Crippen LogP contribution < -0.4 is 0 Å². The largest absolute Gasteiger partial charge is 0.231 e. The Morgan fingerprint density at radius 3 is 3.18 bits per heavy atom. The molecule has 56 valence electrons. The van der Waals surface area contributed by atoms with Gasteiger partial charge < -0.3 is 0 Å².